The molecule has 1 unspecified atom stereocenters. The fraction of sp³-hybridized carbons (Fsp3) is 0.462. The van der Waals surface area contributed by atoms with Gasteiger partial charge in [-0.3, -0.25) is 0 Å². The fourth-order valence-electron chi connectivity index (χ4n) is 1.90. The van der Waals surface area contributed by atoms with Gasteiger partial charge in [-0.2, -0.15) is 11.8 Å². The molecule has 0 bridgehead atoms. The van der Waals surface area contributed by atoms with Crippen molar-refractivity contribution in [3.63, 3.8) is 0 Å². The van der Waals surface area contributed by atoms with Gasteiger partial charge in [0.25, 0.3) is 0 Å². The Bertz CT molecular complexity index is 369. The van der Waals surface area contributed by atoms with Gasteiger partial charge in [-0.05, 0) is 18.2 Å². The van der Waals surface area contributed by atoms with E-state index in [2.05, 4.69) is 6.26 Å². The molecular weight excluding hydrogens is 234 g/mol. The number of thioether (sulfide) groups is 1. The lowest BCUT2D eigenvalue weighted by Crippen LogP contribution is -2.29. The molecule has 4 heteroatoms. The van der Waals surface area contributed by atoms with E-state index in [0.29, 0.717) is 11.9 Å². The molecule has 0 spiro atoms. The third-order valence-electron chi connectivity index (χ3n) is 2.94. The molecule has 0 radical (unpaired) electrons. The average molecular weight is 251 g/mol. The van der Waals surface area contributed by atoms with Crippen molar-refractivity contribution in [2.45, 2.75) is 18.3 Å². The first kappa shape index (κ1) is 12.3. The number of amides is 1. The molecule has 1 aromatic rings. The van der Waals surface area contributed by atoms with Crippen LogP contribution in [0.4, 0.5) is 4.79 Å². The smallest absolute Gasteiger partial charge is 0.410 e. The number of carbonyl (C=O) groups is 1. The van der Waals surface area contributed by atoms with Gasteiger partial charge in [0.1, 0.15) is 6.61 Å². The summed E-state index contributed by atoms with van der Waals surface area (Å²) >= 11 is 1.82. The van der Waals surface area contributed by atoms with E-state index >= 15 is 0 Å². The molecule has 2 rings (SSSR count). The SMILES string of the molecule is CSC1CCN(C(=O)OCc2ccccc2)C1. The number of carbonyl (C=O) groups excluding carboxylic acids is 1. The summed E-state index contributed by atoms with van der Waals surface area (Å²) < 4.78 is 5.28. The van der Waals surface area contributed by atoms with Gasteiger partial charge in [-0.25, -0.2) is 4.79 Å². The van der Waals surface area contributed by atoms with Crippen LogP contribution in [0.25, 0.3) is 0 Å². The second-order valence-corrected chi connectivity index (χ2v) is 5.27. The number of hydrogen-bond donors (Lipinski definition) is 0. The first-order valence-electron chi connectivity index (χ1n) is 5.78. The summed E-state index contributed by atoms with van der Waals surface area (Å²) in [6.07, 6.45) is 2.97. The molecule has 92 valence electrons. The van der Waals surface area contributed by atoms with Gasteiger partial charge < -0.3 is 9.64 Å². The van der Waals surface area contributed by atoms with Gasteiger partial charge in [0, 0.05) is 18.3 Å². The van der Waals surface area contributed by atoms with Crippen LogP contribution in [0.5, 0.6) is 0 Å². The number of rotatable bonds is 3. The molecule has 0 saturated carbocycles. The molecule has 1 heterocycles. The zero-order valence-electron chi connectivity index (χ0n) is 9.96. The quantitative estimate of drug-likeness (QED) is 0.827. The Kier molecular flexibility index (Phi) is 4.31. The highest BCUT2D eigenvalue weighted by Gasteiger charge is 2.26. The topological polar surface area (TPSA) is 29.5 Å². The molecule has 0 aromatic heterocycles. The molecule has 1 fully saturated rings. The summed E-state index contributed by atoms with van der Waals surface area (Å²) in [5.41, 5.74) is 1.03. The maximum atomic E-state index is 11.8. The fourth-order valence-corrected chi connectivity index (χ4v) is 2.57. The van der Waals surface area contributed by atoms with Gasteiger partial charge in [0.2, 0.25) is 0 Å². The summed E-state index contributed by atoms with van der Waals surface area (Å²) in [5.74, 6) is 0. The normalized spacial score (nSPS) is 19.4. The predicted molar refractivity (Wildman–Crippen MR) is 70.1 cm³/mol. The highest BCUT2D eigenvalue weighted by Crippen LogP contribution is 2.20. The zero-order chi connectivity index (χ0) is 12.1. The summed E-state index contributed by atoms with van der Waals surface area (Å²) in [4.78, 5) is 13.6. The summed E-state index contributed by atoms with van der Waals surface area (Å²) in [6.45, 7) is 1.99. The first-order chi connectivity index (χ1) is 8.29. The molecule has 1 saturated heterocycles. The van der Waals surface area contributed by atoms with Crippen molar-refractivity contribution in [2.75, 3.05) is 19.3 Å². The lowest BCUT2D eigenvalue weighted by Gasteiger charge is -2.15. The van der Waals surface area contributed by atoms with E-state index in [-0.39, 0.29) is 6.09 Å². The van der Waals surface area contributed by atoms with Crippen LogP contribution < -0.4 is 0 Å². The van der Waals surface area contributed by atoms with Crippen molar-refractivity contribution in [3.8, 4) is 0 Å². The predicted octanol–water partition coefficient (Wildman–Crippen LogP) is 2.76. The molecule has 1 atom stereocenters. The van der Waals surface area contributed by atoms with Gasteiger partial charge in [-0.15, -0.1) is 0 Å². The van der Waals surface area contributed by atoms with Crippen LogP contribution >= 0.6 is 11.8 Å². The van der Waals surface area contributed by atoms with E-state index < -0.39 is 0 Å². The molecular formula is C13H17NO2S. The number of likely N-dealkylation sites (tertiary alicyclic amines) is 1. The molecule has 1 aromatic carbocycles. The summed E-state index contributed by atoms with van der Waals surface area (Å²) in [6, 6.07) is 9.77. The molecule has 1 aliphatic rings. The maximum Gasteiger partial charge on any atom is 0.410 e. The number of hydrogen-bond acceptors (Lipinski definition) is 3. The van der Waals surface area contributed by atoms with Gasteiger partial charge in [0.05, 0.1) is 0 Å². The van der Waals surface area contributed by atoms with Crippen molar-refractivity contribution in [2.24, 2.45) is 0 Å². The summed E-state index contributed by atoms with van der Waals surface area (Å²) in [5, 5.41) is 0.569. The average Bonchev–Trinajstić information content (AvgIpc) is 2.86. The third kappa shape index (κ3) is 3.40. The van der Waals surface area contributed by atoms with E-state index in [1.807, 2.05) is 42.1 Å². The molecule has 0 N–H and O–H groups in total. The monoisotopic (exact) mass is 251 g/mol. The lowest BCUT2D eigenvalue weighted by molar-refractivity contribution is 0.104. The van der Waals surface area contributed by atoms with E-state index in [0.717, 1.165) is 25.1 Å². The van der Waals surface area contributed by atoms with Crippen LogP contribution in [0, 0.1) is 0 Å². The first-order valence-corrected chi connectivity index (χ1v) is 7.07. The van der Waals surface area contributed by atoms with Crippen molar-refractivity contribution >= 4 is 17.9 Å². The Morgan fingerprint density at radius 2 is 2.24 bits per heavy atom. The van der Waals surface area contributed by atoms with Crippen LogP contribution in [0.3, 0.4) is 0 Å². The highest BCUT2D eigenvalue weighted by molar-refractivity contribution is 7.99. The van der Waals surface area contributed by atoms with Crippen molar-refractivity contribution in [3.05, 3.63) is 35.9 Å². The largest absolute Gasteiger partial charge is 0.445 e. The molecule has 3 nitrogen and oxygen atoms in total. The minimum Gasteiger partial charge on any atom is -0.445 e. The van der Waals surface area contributed by atoms with E-state index in [1.165, 1.54) is 0 Å². The molecule has 17 heavy (non-hydrogen) atoms. The van der Waals surface area contributed by atoms with Crippen LogP contribution in [-0.2, 0) is 11.3 Å². The second-order valence-electron chi connectivity index (χ2n) is 4.13. The third-order valence-corrected chi connectivity index (χ3v) is 3.99. The standard InChI is InChI=1S/C13H17NO2S/c1-17-12-7-8-14(9-12)13(15)16-10-11-5-3-2-4-6-11/h2-6,12H,7-10H2,1H3. The minimum atomic E-state index is -0.189. The Balaban J connectivity index is 1.78. The number of nitrogens with zero attached hydrogens (tertiary/aromatic N) is 1. The highest BCUT2D eigenvalue weighted by atomic mass is 32.2. The maximum absolute atomic E-state index is 11.8. The Morgan fingerprint density at radius 3 is 2.88 bits per heavy atom. The molecule has 1 amide bonds. The summed E-state index contributed by atoms with van der Waals surface area (Å²) in [7, 11) is 0. The second kappa shape index (κ2) is 5.96. The lowest BCUT2D eigenvalue weighted by atomic mass is 10.2. The van der Waals surface area contributed by atoms with Crippen LogP contribution in [0.15, 0.2) is 30.3 Å². The van der Waals surface area contributed by atoms with Gasteiger partial charge in [-0.1, -0.05) is 30.3 Å². The van der Waals surface area contributed by atoms with Gasteiger partial charge >= 0.3 is 6.09 Å². The van der Waals surface area contributed by atoms with Crippen LogP contribution in [0.2, 0.25) is 0 Å². The number of ether oxygens (including phenoxy) is 1. The zero-order valence-corrected chi connectivity index (χ0v) is 10.8. The van der Waals surface area contributed by atoms with Crippen molar-refractivity contribution in [1.82, 2.24) is 4.90 Å². The Morgan fingerprint density at radius 1 is 1.47 bits per heavy atom. The van der Waals surface area contributed by atoms with Crippen molar-refractivity contribution in [1.29, 1.82) is 0 Å². The van der Waals surface area contributed by atoms with Crippen LogP contribution in [-0.4, -0.2) is 35.6 Å². The van der Waals surface area contributed by atoms with E-state index in [4.69, 9.17) is 4.74 Å². The number of benzene rings is 1. The van der Waals surface area contributed by atoms with Crippen molar-refractivity contribution < 1.29 is 9.53 Å². The Labute approximate surface area is 106 Å². The molecule has 0 aliphatic carbocycles. The van der Waals surface area contributed by atoms with Crippen LogP contribution in [0.1, 0.15) is 12.0 Å². The minimum absolute atomic E-state index is 0.189. The molecule has 1 aliphatic heterocycles. The van der Waals surface area contributed by atoms with E-state index in [9.17, 15) is 4.79 Å². The van der Waals surface area contributed by atoms with E-state index in [1.54, 1.807) is 4.90 Å². The Hall–Kier alpha value is -1.16. The van der Waals surface area contributed by atoms with Gasteiger partial charge in [0.15, 0.2) is 0 Å².